The van der Waals surface area contributed by atoms with Gasteiger partial charge in [0, 0.05) is 30.6 Å². The molecule has 6 heteroatoms. The van der Waals surface area contributed by atoms with Gasteiger partial charge < -0.3 is 14.4 Å². The number of aryl methyl sites for hydroxylation is 1. The number of fused-ring (bicyclic) bond motifs is 1. The number of carboxylic acid groups (broad SMARTS) is 1. The Morgan fingerprint density at radius 2 is 2.33 bits per heavy atom. The first-order valence-corrected chi connectivity index (χ1v) is 6.71. The standard InChI is InChI=1S/C15H15FN2O3/c1-21-13-4-3-10(16)6-11(13)9-2-5-14-17-12(15(19)20)8-18(14)7-9/h3-4,6,8-9H,2,5,7H2,1H3,(H,19,20). The van der Waals surface area contributed by atoms with Crippen molar-refractivity contribution in [2.45, 2.75) is 25.3 Å². The lowest BCUT2D eigenvalue weighted by Gasteiger charge is -2.25. The summed E-state index contributed by atoms with van der Waals surface area (Å²) in [4.78, 5) is 15.1. The fraction of sp³-hybridized carbons (Fsp3) is 0.333. The van der Waals surface area contributed by atoms with E-state index in [1.165, 1.54) is 18.3 Å². The zero-order valence-corrected chi connectivity index (χ0v) is 11.5. The predicted octanol–water partition coefficient (Wildman–Crippen LogP) is 2.46. The number of nitrogens with zero attached hydrogens (tertiary/aromatic N) is 2. The Morgan fingerprint density at radius 1 is 1.52 bits per heavy atom. The van der Waals surface area contributed by atoms with Crippen LogP contribution in [0.3, 0.4) is 0 Å². The van der Waals surface area contributed by atoms with E-state index in [-0.39, 0.29) is 17.4 Å². The molecule has 0 radical (unpaired) electrons. The SMILES string of the molecule is COc1ccc(F)cc1C1CCc2nc(C(=O)O)cn2C1. The largest absolute Gasteiger partial charge is 0.496 e. The van der Waals surface area contributed by atoms with Crippen molar-refractivity contribution in [3.05, 3.63) is 47.3 Å². The molecule has 1 N–H and O–H groups in total. The quantitative estimate of drug-likeness (QED) is 0.943. The van der Waals surface area contributed by atoms with Crippen molar-refractivity contribution in [2.75, 3.05) is 7.11 Å². The van der Waals surface area contributed by atoms with Gasteiger partial charge in [0.2, 0.25) is 0 Å². The van der Waals surface area contributed by atoms with E-state index in [9.17, 15) is 9.18 Å². The monoisotopic (exact) mass is 290 g/mol. The number of aromatic nitrogens is 2. The van der Waals surface area contributed by atoms with E-state index in [1.807, 2.05) is 4.57 Å². The van der Waals surface area contributed by atoms with Gasteiger partial charge in [0.25, 0.3) is 0 Å². The highest BCUT2D eigenvalue weighted by molar-refractivity contribution is 5.85. The van der Waals surface area contributed by atoms with Gasteiger partial charge >= 0.3 is 5.97 Å². The Balaban J connectivity index is 1.92. The maximum absolute atomic E-state index is 13.5. The third-order valence-corrected chi connectivity index (χ3v) is 3.84. The summed E-state index contributed by atoms with van der Waals surface area (Å²) < 4.78 is 20.6. The maximum Gasteiger partial charge on any atom is 0.356 e. The first kappa shape index (κ1) is 13.6. The Morgan fingerprint density at radius 3 is 3.05 bits per heavy atom. The summed E-state index contributed by atoms with van der Waals surface area (Å²) in [6.45, 7) is 0.579. The Bertz CT molecular complexity index is 696. The number of hydrogen-bond donors (Lipinski definition) is 1. The number of imidazole rings is 1. The van der Waals surface area contributed by atoms with E-state index in [2.05, 4.69) is 4.98 Å². The molecule has 2 heterocycles. The second-order valence-electron chi connectivity index (χ2n) is 5.12. The fourth-order valence-electron chi connectivity index (χ4n) is 2.83. The van der Waals surface area contributed by atoms with Crippen LogP contribution in [-0.4, -0.2) is 27.7 Å². The number of methoxy groups -OCH3 is 1. The number of benzene rings is 1. The zero-order chi connectivity index (χ0) is 15.0. The van der Waals surface area contributed by atoms with Crippen molar-refractivity contribution >= 4 is 5.97 Å². The summed E-state index contributed by atoms with van der Waals surface area (Å²) in [5, 5.41) is 8.99. The summed E-state index contributed by atoms with van der Waals surface area (Å²) in [6, 6.07) is 4.48. The van der Waals surface area contributed by atoms with E-state index in [0.29, 0.717) is 18.7 Å². The molecule has 0 bridgehead atoms. The van der Waals surface area contributed by atoms with Crippen LogP contribution in [-0.2, 0) is 13.0 Å². The highest BCUT2D eigenvalue weighted by atomic mass is 19.1. The summed E-state index contributed by atoms with van der Waals surface area (Å²) in [5.41, 5.74) is 0.866. The zero-order valence-electron chi connectivity index (χ0n) is 11.5. The molecule has 0 saturated carbocycles. The minimum absolute atomic E-state index is 0.0526. The van der Waals surface area contributed by atoms with Crippen LogP contribution in [0.5, 0.6) is 5.75 Å². The normalized spacial score (nSPS) is 17.3. The van der Waals surface area contributed by atoms with Crippen LogP contribution >= 0.6 is 0 Å². The van der Waals surface area contributed by atoms with E-state index in [4.69, 9.17) is 9.84 Å². The number of hydrogen-bond acceptors (Lipinski definition) is 3. The smallest absolute Gasteiger partial charge is 0.356 e. The molecule has 21 heavy (non-hydrogen) atoms. The van der Waals surface area contributed by atoms with Gasteiger partial charge in [-0.3, -0.25) is 0 Å². The van der Waals surface area contributed by atoms with Crippen molar-refractivity contribution < 1.29 is 19.0 Å². The van der Waals surface area contributed by atoms with E-state index < -0.39 is 5.97 Å². The number of carbonyl (C=O) groups is 1. The number of rotatable bonds is 3. The van der Waals surface area contributed by atoms with Crippen LogP contribution in [0.15, 0.2) is 24.4 Å². The first-order chi connectivity index (χ1) is 10.1. The summed E-state index contributed by atoms with van der Waals surface area (Å²) in [6.07, 6.45) is 2.99. The number of aromatic carboxylic acids is 1. The van der Waals surface area contributed by atoms with Crippen LogP contribution in [0, 0.1) is 5.82 Å². The molecule has 1 aliphatic heterocycles. The van der Waals surface area contributed by atoms with Gasteiger partial charge in [-0.2, -0.15) is 0 Å². The van der Waals surface area contributed by atoms with Crippen molar-refractivity contribution in [2.24, 2.45) is 0 Å². The second kappa shape index (κ2) is 5.20. The van der Waals surface area contributed by atoms with Crippen LogP contribution < -0.4 is 4.74 Å². The molecule has 1 atom stereocenters. The summed E-state index contributed by atoms with van der Waals surface area (Å²) >= 11 is 0. The van der Waals surface area contributed by atoms with Gasteiger partial charge in [0.15, 0.2) is 5.69 Å². The Kier molecular flexibility index (Phi) is 3.37. The van der Waals surface area contributed by atoms with Crippen LogP contribution in [0.1, 0.15) is 34.2 Å². The molecule has 0 aliphatic carbocycles. The topological polar surface area (TPSA) is 64.3 Å². The highest BCUT2D eigenvalue weighted by Gasteiger charge is 2.25. The van der Waals surface area contributed by atoms with Crippen LogP contribution in [0.4, 0.5) is 4.39 Å². The van der Waals surface area contributed by atoms with Crippen molar-refractivity contribution in [1.29, 1.82) is 0 Å². The van der Waals surface area contributed by atoms with Gasteiger partial charge in [0.05, 0.1) is 7.11 Å². The molecular weight excluding hydrogens is 275 g/mol. The van der Waals surface area contributed by atoms with E-state index >= 15 is 0 Å². The minimum atomic E-state index is -1.03. The van der Waals surface area contributed by atoms with E-state index in [0.717, 1.165) is 17.8 Å². The van der Waals surface area contributed by atoms with Gasteiger partial charge in [-0.25, -0.2) is 14.2 Å². The van der Waals surface area contributed by atoms with Crippen LogP contribution in [0.25, 0.3) is 0 Å². The van der Waals surface area contributed by atoms with Gasteiger partial charge in [-0.05, 0) is 24.6 Å². The molecule has 1 unspecified atom stereocenters. The molecule has 0 saturated heterocycles. The van der Waals surface area contributed by atoms with Crippen molar-refractivity contribution in [3.63, 3.8) is 0 Å². The molecule has 2 aromatic rings. The van der Waals surface area contributed by atoms with E-state index in [1.54, 1.807) is 13.2 Å². The highest BCUT2D eigenvalue weighted by Crippen LogP contribution is 2.34. The van der Waals surface area contributed by atoms with Gasteiger partial charge in [0.1, 0.15) is 17.4 Å². The Hall–Kier alpha value is -2.37. The predicted molar refractivity (Wildman–Crippen MR) is 73.2 cm³/mol. The molecule has 0 fully saturated rings. The molecule has 0 spiro atoms. The van der Waals surface area contributed by atoms with Crippen molar-refractivity contribution in [1.82, 2.24) is 9.55 Å². The molecule has 1 aliphatic rings. The third kappa shape index (κ3) is 2.49. The molecule has 110 valence electrons. The molecule has 0 amide bonds. The van der Waals surface area contributed by atoms with Crippen LogP contribution in [0.2, 0.25) is 0 Å². The Labute approximate surface area is 121 Å². The lowest BCUT2D eigenvalue weighted by atomic mass is 9.91. The number of halogens is 1. The molecule has 5 nitrogen and oxygen atoms in total. The van der Waals surface area contributed by atoms with Gasteiger partial charge in [-0.1, -0.05) is 0 Å². The summed E-state index contributed by atoms with van der Waals surface area (Å²) in [7, 11) is 1.56. The molecular formula is C15H15FN2O3. The molecule has 1 aromatic heterocycles. The lowest BCUT2D eigenvalue weighted by Crippen LogP contribution is -2.19. The average molecular weight is 290 g/mol. The molecule has 3 rings (SSSR count). The fourth-order valence-corrected chi connectivity index (χ4v) is 2.83. The van der Waals surface area contributed by atoms with Gasteiger partial charge in [-0.15, -0.1) is 0 Å². The first-order valence-electron chi connectivity index (χ1n) is 6.71. The second-order valence-corrected chi connectivity index (χ2v) is 5.12. The number of carboxylic acids is 1. The third-order valence-electron chi connectivity index (χ3n) is 3.84. The lowest BCUT2D eigenvalue weighted by molar-refractivity contribution is 0.0691. The van der Waals surface area contributed by atoms with Crippen molar-refractivity contribution in [3.8, 4) is 5.75 Å². The number of ether oxygens (including phenoxy) is 1. The minimum Gasteiger partial charge on any atom is -0.496 e. The average Bonchev–Trinajstić information content (AvgIpc) is 2.90. The maximum atomic E-state index is 13.5. The molecule has 1 aromatic carbocycles. The summed E-state index contributed by atoms with van der Waals surface area (Å²) in [5.74, 6) is 0.173.